The summed E-state index contributed by atoms with van der Waals surface area (Å²) < 4.78 is 0. The Hall–Kier alpha value is -1.36. The topological polar surface area (TPSA) is 77.8 Å². The summed E-state index contributed by atoms with van der Waals surface area (Å²) in [5, 5.41) is 17.8. The van der Waals surface area contributed by atoms with Gasteiger partial charge in [0.2, 0.25) is 5.91 Å². The predicted octanol–water partition coefficient (Wildman–Crippen LogP) is 0.637. The number of carboxylic acids is 1. The highest BCUT2D eigenvalue weighted by molar-refractivity contribution is 5.88. The van der Waals surface area contributed by atoms with Gasteiger partial charge in [-0.2, -0.15) is 0 Å². The van der Waals surface area contributed by atoms with Gasteiger partial charge in [0.05, 0.1) is 12.5 Å². The molecule has 0 aliphatic heterocycles. The minimum absolute atomic E-state index is 0.114. The molecule has 0 radical (unpaired) electrons. The van der Waals surface area contributed by atoms with E-state index in [0.29, 0.717) is 0 Å². The number of carbonyl (C=O) groups is 2. The van der Waals surface area contributed by atoms with E-state index >= 15 is 0 Å². The predicted molar refractivity (Wildman–Crippen MR) is 59.9 cm³/mol. The van der Waals surface area contributed by atoms with E-state index in [2.05, 4.69) is 0 Å². The summed E-state index contributed by atoms with van der Waals surface area (Å²) in [6.07, 6.45) is 0.655. The second-order valence-corrected chi connectivity index (χ2v) is 4.00. The van der Waals surface area contributed by atoms with Crippen LogP contribution >= 0.6 is 0 Å². The maximum absolute atomic E-state index is 11.6. The zero-order chi connectivity index (χ0) is 12.7. The van der Waals surface area contributed by atoms with Crippen LogP contribution in [0.3, 0.4) is 0 Å². The van der Waals surface area contributed by atoms with Gasteiger partial charge in [-0.25, -0.2) is 0 Å². The van der Waals surface area contributed by atoms with Crippen molar-refractivity contribution in [3.63, 3.8) is 0 Å². The van der Waals surface area contributed by atoms with Crippen molar-refractivity contribution in [1.29, 1.82) is 0 Å². The van der Waals surface area contributed by atoms with Crippen molar-refractivity contribution in [1.82, 2.24) is 4.90 Å². The molecule has 1 unspecified atom stereocenters. The van der Waals surface area contributed by atoms with E-state index in [0.717, 1.165) is 5.57 Å². The molecule has 0 aromatic rings. The average Bonchev–Trinajstić information content (AvgIpc) is 2.09. The van der Waals surface area contributed by atoms with Gasteiger partial charge in [-0.05, 0) is 20.8 Å². The molecule has 0 heterocycles. The average molecular weight is 229 g/mol. The molecule has 16 heavy (non-hydrogen) atoms. The first-order chi connectivity index (χ1) is 7.32. The summed E-state index contributed by atoms with van der Waals surface area (Å²) in [4.78, 5) is 23.4. The fourth-order valence-electron chi connectivity index (χ4n) is 1.18. The van der Waals surface area contributed by atoms with Gasteiger partial charge in [0, 0.05) is 19.2 Å². The zero-order valence-electron chi connectivity index (χ0n) is 9.93. The van der Waals surface area contributed by atoms with Crippen molar-refractivity contribution in [3.05, 3.63) is 11.6 Å². The molecule has 0 bridgehead atoms. The lowest BCUT2D eigenvalue weighted by Crippen LogP contribution is -2.37. The van der Waals surface area contributed by atoms with Gasteiger partial charge in [-0.1, -0.05) is 5.57 Å². The monoisotopic (exact) mass is 229 g/mol. The van der Waals surface area contributed by atoms with Crippen molar-refractivity contribution >= 4 is 11.9 Å². The van der Waals surface area contributed by atoms with Crippen molar-refractivity contribution in [2.75, 3.05) is 13.1 Å². The van der Waals surface area contributed by atoms with Crippen LogP contribution in [0.15, 0.2) is 11.6 Å². The number of amides is 1. The molecule has 0 aliphatic carbocycles. The van der Waals surface area contributed by atoms with Crippen molar-refractivity contribution < 1.29 is 19.8 Å². The largest absolute Gasteiger partial charge is 0.481 e. The molecule has 5 heteroatoms. The highest BCUT2D eigenvalue weighted by Crippen LogP contribution is 2.00. The Bertz CT molecular complexity index is 280. The second-order valence-electron chi connectivity index (χ2n) is 4.00. The van der Waals surface area contributed by atoms with E-state index in [4.69, 9.17) is 5.11 Å². The molecule has 0 aliphatic rings. The van der Waals surface area contributed by atoms with Crippen LogP contribution in [-0.2, 0) is 9.59 Å². The van der Waals surface area contributed by atoms with Gasteiger partial charge < -0.3 is 15.1 Å². The zero-order valence-corrected chi connectivity index (χ0v) is 9.93. The van der Waals surface area contributed by atoms with Crippen LogP contribution in [0.5, 0.6) is 0 Å². The van der Waals surface area contributed by atoms with Crippen LogP contribution < -0.4 is 0 Å². The molecular formula is C11H19NO4. The molecule has 1 atom stereocenters. The smallest absolute Gasteiger partial charge is 0.305 e. The van der Waals surface area contributed by atoms with E-state index in [-0.39, 0.29) is 25.4 Å². The molecule has 0 saturated heterocycles. The molecule has 0 aromatic heterocycles. The minimum Gasteiger partial charge on any atom is -0.481 e. The highest BCUT2D eigenvalue weighted by Gasteiger charge is 2.14. The van der Waals surface area contributed by atoms with Crippen molar-refractivity contribution in [3.8, 4) is 0 Å². The molecule has 0 rings (SSSR count). The molecule has 1 amide bonds. The number of aliphatic hydroxyl groups is 1. The minimum atomic E-state index is -0.958. The normalized spacial score (nSPS) is 11.8. The lowest BCUT2D eigenvalue weighted by atomic mass is 10.2. The van der Waals surface area contributed by atoms with E-state index < -0.39 is 12.1 Å². The Balaban J connectivity index is 4.47. The third-order valence-electron chi connectivity index (χ3n) is 1.80. The fraction of sp³-hybridized carbons (Fsp3) is 0.636. The van der Waals surface area contributed by atoms with Gasteiger partial charge in [-0.3, -0.25) is 9.59 Å². The van der Waals surface area contributed by atoms with Crippen LogP contribution in [-0.4, -0.2) is 46.2 Å². The van der Waals surface area contributed by atoms with Crippen LogP contribution in [0.1, 0.15) is 27.2 Å². The summed E-state index contributed by atoms with van der Waals surface area (Å²) in [5.74, 6) is -1.22. The molecule has 0 fully saturated rings. The molecule has 5 nitrogen and oxygen atoms in total. The van der Waals surface area contributed by atoms with Crippen LogP contribution in [0.25, 0.3) is 0 Å². The van der Waals surface area contributed by atoms with E-state index in [9.17, 15) is 14.7 Å². The van der Waals surface area contributed by atoms with Crippen LogP contribution in [0, 0.1) is 0 Å². The van der Waals surface area contributed by atoms with Gasteiger partial charge in [-0.15, -0.1) is 0 Å². The molecule has 0 saturated carbocycles. The van der Waals surface area contributed by atoms with Crippen molar-refractivity contribution in [2.24, 2.45) is 0 Å². The number of rotatable bonds is 6. The van der Waals surface area contributed by atoms with E-state index in [1.807, 2.05) is 0 Å². The lowest BCUT2D eigenvalue weighted by molar-refractivity contribution is -0.138. The first-order valence-electron chi connectivity index (χ1n) is 5.16. The van der Waals surface area contributed by atoms with Gasteiger partial charge in [0.1, 0.15) is 0 Å². The third kappa shape index (κ3) is 7.00. The lowest BCUT2D eigenvalue weighted by Gasteiger charge is -2.22. The fourth-order valence-corrected chi connectivity index (χ4v) is 1.18. The summed E-state index contributed by atoms with van der Waals surface area (Å²) in [5.41, 5.74) is 0.843. The summed E-state index contributed by atoms with van der Waals surface area (Å²) in [7, 11) is 0. The number of allylic oxidation sites excluding steroid dienone is 1. The molecule has 92 valence electrons. The van der Waals surface area contributed by atoms with Crippen LogP contribution in [0.4, 0.5) is 0 Å². The quantitative estimate of drug-likeness (QED) is 0.655. The van der Waals surface area contributed by atoms with E-state index in [1.54, 1.807) is 20.8 Å². The summed E-state index contributed by atoms with van der Waals surface area (Å²) >= 11 is 0. The maximum Gasteiger partial charge on any atom is 0.305 e. The van der Waals surface area contributed by atoms with Crippen LogP contribution in [0.2, 0.25) is 0 Å². The Kier molecular flexibility index (Phi) is 6.41. The number of hydrogen-bond acceptors (Lipinski definition) is 3. The highest BCUT2D eigenvalue weighted by atomic mass is 16.4. The van der Waals surface area contributed by atoms with E-state index in [1.165, 1.54) is 11.0 Å². The Morgan fingerprint density at radius 3 is 2.31 bits per heavy atom. The van der Waals surface area contributed by atoms with Crippen molar-refractivity contribution in [2.45, 2.75) is 33.3 Å². The first-order valence-corrected chi connectivity index (χ1v) is 5.16. The number of carboxylic acid groups (broad SMARTS) is 1. The molecule has 2 N–H and O–H groups in total. The third-order valence-corrected chi connectivity index (χ3v) is 1.80. The maximum atomic E-state index is 11.6. The standard InChI is InChI=1S/C11H19NO4/c1-8(2)6-10(14)12(7-9(3)13)5-4-11(15)16/h6,9,13H,4-5,7H2,1-3H3,(H,15,16). The number of hydrogen-bond donors (Lipinski definition) is 2. The molecule has 0 aromatic carbocycles. The van der Waals surface area contributed by atoms with Gasteiger partial charge in [0.15, 0.2) is 0 Å². The first kappa shape index (κ1) is 14.6. The number of carbonyl (C=O) groups excluding carboxylic acids is 1. The Labute approximate surface area is 95.4 Å². The molecular weight excluding hydrogens is 210 g/mol. The number of nitrogens with zero attached hydrogens (tertiary/aromatic N) is 1. The van der Waals surface area contributed by atoms with Gasteiger partial charge >= 0.3 is 5.97 Å². The van der Waals surface area contributed by atoms with Gasteiger partial charge in [0.25, 0.3) is 0 Å². The summed E-state index contributed by atoms with van der Waals surface area (Å²) in [6.45, 7) is 5.40. The number of aliphatic hydroxyl groups excluding tert-OH is 1. The Morgan fingerprint density at radius 1 is 1.38 bits per heavy atom. The number of aliphatic carboxylic acids is 1. The Morgan fingerprint density at radius 2 is 1.94 bits per heavy atom. The molecule has 0 spiro atoms. The second kappa shape index (κ2) is 7.00. The SMILES string of the molecule is CC(C)=CC(=O)N(CCC(=O)O)CC(C)O. The summed E-state index contributed by atoms with van der Waals surface area (Å²) in [6, 6.07) is 0.